The number of aromatic nitrogens is 3. The lowest BCUT2D eigenvalue weighted by Crippen LogP contribution is -2.39. The Bertz CT molecular complexity index is 1070. The zero-order chi connectivity index (χ0) is 22.9. The first-order valence-electron chi connectivity index (χ1n) is 10.7. The monoisotopic (exact) mass is 561 g/mol. The van der Waals surface area contributed by atoms with Gasteiger partial charge in [-0.25, -0.2) is 4.99 Å². The fourth-order valence-electron chi connectivity index (χ4n) is 3.26. The van der Waals surface area contributed by atoms with E-state index < -0.39 is 0 Å². The molecule has 0 saturated carbocycles. The van der Waals surface area contributed by atoms with Gasteiger partial charge in [0.1, 0.15) is 12.4 Å². The molecule has 3 aromatic rings. The van der Waals surface area contributed by atoms with Crippen LogP contribution in [0.1, 0.15) is 46.1 Å². The minimum absolute atomic E-state index is 0. The van der Waals surface area contributed by atoms with E-state index in [1.807, 2.05) is 61.0 Å². The van der Waals surface area contributed by atoms with Gasteiger partial charge in [-0.05, 0) is 43.5 Å². The quantitative estimate of drug-likeness (QED) is 0.223. The summed E-state index contributed by atoms with van der Waals surface area (Å²) in [7, 11) is 3.57. The van der Waals surface area contributed by atoms with Gasteiger partial charge in [-0.2, -0.15) is 0 Å². The highest BCUT2D eigenvalue weighted by atomic mass is 127. The molecule has 0 saturated heterocycles. The number of hydrogen-bond acceptors (Lipinski definition) is 4. The standard InChI is InChI=1S/C24H31N7O.HI/c1-17(20-10-6-5-7-11-20)28-24(27-16-22-30-29-18(2)31(22)4)26-14-13-19-9-8-12-21(15-19)23(32)25-3;/h5-12,15,17H,13-14,16H2,1-4H3,(H,25,32)(H2,26,27,28);1H. The summed E-state index contributed by atoms with van der Waals surface area (Å²) in [6.07, 6.45) is 0.758. The molecule has 3 rings (SSSR count). The Balaban J connectivity index is 0.00000385. The first-order valence-corrected chi connectivity index (χ1v) is 10.7. The van der Waals surface area contributed by atoms with Crippen LogP contribution in [-0.4, -0.2) is 40.2 Å². The summed E-state index contributed by atoms with van der Waals surface area (Å²) in [5, 5.41) is 17.8. The van der Waals surface area contributed by atoms with Crippen molar-refractivity contribution in [1.29, 1.82) is 0 Å². The van der Waals surface area contributed by atoms with Crippen LogP contribution in [0, 0.1) is 6.92 Å². The van der Waals surface area contributed by atoms with Gasteiger partial charge in [-0.1, -0.05) is 42.5 Å². The van der Waals surface area contributed by atoms with E-state index in [1.54, 1.807) is 7.05 Å². The smallest absolute Gasteiger partial charge is 0.251 e. The lowest BCUT2D eigenvalue weighted by molar-refractivity contribution is 0.0963. The molecule has 1 aromatic heterocycles. The predicted octanol–water partition coefficient (Wildman–Crippen LogP) is 3.14. The number of carbonyl (C=O) groups excluding carboxylic acids is 1. The Morgan fingerprint density at radius 1 is 1.12 bits per heavy atom. The van der Waals surface area contributed by atoms with Crippen LogP contribution in [0.5, 0.6) is 0 Å². The Labute approximate surface area is 212 Å². The Morgan fingerprint density at radius 2 is 1.88 bits per heavy atom. The van der Waals surface area contributed by atoms with Crippen LogP contribution < -0.4 is 16.0 Å². The molecule has 1 unspecified atom stereocenters. The summed E-state index contributed by atoms with van der Waals surface area (Å²) >= 11 is 0. The maximum absolute atomic E-state index is 11.9. The van der Waals surface area contributed by atoms with E-state index >= 15 is 0 Å². The number of benzene rings is 2. The molecule has 33 heavy (non-hydrogen) atoms. The Kier molecular flexibility index (Phi) is 10.3. The van der Waals surface area contributed by atoms with Gasteiger partial charge < -0.3 is 20.5 Å². The SMILES string of the molecule is CNC(=O)c1cccc(CCNC(=NCc2nnc(C)n2C)NC(C)c2ccccc2)c1.I. The first-order chi connectivity index (χ1) is 15.5. The van der Waals surface area contributed by atoms with E-state index in [1.165, 1.54) is 5.56 Å². The third-order valence-corrected chi connectivity index (χ3v) is 5.34. The number of hydrogen-bond donors (Lipinski definition) is 3. The molecule has 1 atom stereocenters. The molecular weight excluding hydrogens is 529 g/mol. The predicted molar refractivity (Wildman–Crippen MR) is 142 cm³/mol. The summed E-state index contributed by atoms with van der Waals surface area (Å²) in [4.78, 5) is 16.6. The number of nitrogens with zero attached hydrogens (tertiary/aromatic N) is 4. The maximum atomic E-state index is 11.9. The second-order valence-electron chi connectivity index (χ2n) is 7.62. The van der Waals surface area contributed by atoms with Crippen LogP contribution in [0.2, 0.25) is 0 Å². The van der Waals surface area contributed by atoms with Crippen molar-refractivity contribution in [1.82, 2.24) is 30.7 Å². The van der Waals surface area contributed by atoms with Crippen molar-refractivity contribution >= 4 is 35.8 Å². The summed E-state index contributed by atoms with van der Waals surface area (Å²) in [5.41, 5.74) is 2.92. The number of aryl methyl sites for hydroxylation is 1. The van der Waals surface area contributed by atoms with Gasteiger partial charge in [0.25, 0.3) is 5.91 Å². The molecule has 0 fully saturated rings. The molecule has 0 aliphatic carbocycles. The van der Waals surface area contributed by atoms with E-state index in [0.29, 0.717) is 24.6 Å². The molecule has 1 heterocycles. The second kappa shape index (κ2) is 12.9. The molecule has 0 radical (unpaired) electrons. The minimum Gasteiger partial charge on any atom is -0.356 e. The van der Waals surface area contributed by atoms with Gasteiger partial charge in [-0.3, -0.25) is 4.79 Å². The molecule has 0 aliphatic rings. The topological polar surface area (TPSA) is 96.2 Å². The van der Waals surface area contributed by atoms with Crippen LogP contribution >= 0.6 is 24.0 Å². The molecule has 1 amide bonds. The largest absolute Gasteiger partial charge is 0.356 e. The fraction of sp³-hybridized carbons (Fsp3) is 0.333. The van der Waals surface area contributed by atoms with E-state index in [0.717, 1.165) is 23.6 Å². The van der Waals surface area contributed by atoms with Crippen molar-refractivity contribution in [2.75, 3.05) is 13.6 Å². The molecule has 3 N–H and O–H groups in total. The van der Waals surface area contributed by atoms with Crippen molar-refractivity contribution in [2.45, 2.75) is 32.9 Å². The first kappa shape index (κ1) is 26.3. The van der Waals surface area contributed by atoms with Crippen LogP contribution in [0.15, 0.2) is 59.6 Å². The Morgan fingerprint density at radius 3 is 2.55 bits per heavy atom. The molecule has 8 nitrogen and oxygen atoms in total. The van der Waals surface area contributed by atoms with Crippen molar-refractivity contribution in [3.8, 4) is 0 Å². The van der Waals surface area contributed by atoms with Crippen LogP contribution in [0.3, 0.4) is 0 Å². The van der Waals surface area contributed by atoms with Crippen molar-refractivity contribution in [3.05, 3.63) is 82.9 Å². The average Bonchev–Trinajstić information content (AvgIpc) is 3.14. The molecule has 2 aromatic carbocycles. The average molecular weight is 561 g/mol. The Hall–Kier alpha value is -2.95. The lowest BCUT2D eigenvalue weighted by Gasteiger charge is -2.19. The zero-order valence-corrected chi connectivity index (χ0v) is 21.8. The second-order valence-corrected chi connectivity index (χ2v) is 7.62. The molecule has 0 aliphatic heterocycles. The van der Waals surface area contributed by atoms with E-state index in [2.05, 4.69) is 45.2 Å². The zero-order valence-electron chi connectivity index (χ0n) is 19.5. The molecular formula is C24H32IN7O. The highest BCUT2D eigenvalue weighted by molar-refractivity contribution is 14.0. The third-order valence-electron chi connectivity index (χ3n) is 5.34. The number of guanidine groups is 1. The van der Waals surface area contributed by atoms with Gasteiger partial charge >= 0.3 is 0 Å². The molecule has 9 heteroatoms. The normalized spacial score (nSPS) is 11.9. The van der Waals surface area contributed by atoms with E-state index in [4.69, 9.17) is 4.99 Å². The van der Waals surface area contributed by atoms with Gasteiger partial charge in [0.15, 0.2) is 11.8 Å². The van der Waals surface area contributed by atoms with Crippen molar-refractivity contribution in [3.63, 3.8) is 0 Å². The summed E-state index contributed by atoms with van der Waals surface area (Å²) in [6.45, 7) is 5.11. The third kappa shape index (κ3) is 7.55. The van der Waals surface area contributed by atoms with Crippen LogP contribution in [0.25, 0.3) is 0 Å². The number of aliphatic imine (C=N–C) groups is 1. The van der Waals surface area contributed by atoms with Gasteiger partial charge in [0, 0.05) is 26.2 Å². The molecule has 0 bridgehead atoms. The van der Waals surface area contributed by atoms with Crippen molar-refractivity contribution < 1.29 is 4.79 Å². The van der Waals surface area contributed by atoms with Gasteiger partial charge in [-0.15, -0.1) is 34.2 Å². The summed E-state index contributed by atoms with van der Waals surface area (Å²) < 4.78 is 1.94. The summed E-state index contributed by atoms with van der Waals surface area (Å²) in [5.74, 6) is 2.27. The van der Waals surface area contributed by atoms with Crippen LogP contribution in [0.4, 0.5) is 0 Å². The number of halogens is 1. The number of amides is 1. The summed E-state index contributed by atoms with van der Waals surface area (Å²) in [6, 6.07) is 18.0. The minimum atomic E-state index is -0.0839. The number of rotatable bonds is 8. The van der Waals surface area contributed by atoms with Gasteiger partial charge in [0.2, 0.25) is 0 Å². The van der Waals surface area contributed by atoms with E-state index in [9.17, 15) is 4.79 Å². The van der Waals surface area contributed by atoms with E-state index in [-0.39, 0.29) is 35.9 Å². The fourth-order valence-corrected chi connectivity index (χ4v) is 3.26. The van der Waals surface area contributed by atoms with Gasteiger partial charge in [0.05, 0.1) is 6.04 Å². The highest BCUT2D eigenvalue weighted by Gasteiger charge is 2.10. The molecule has 176 valence electrons. The highest BCUT2D eigenvalue weighted by Crippen LogP contribution is 2.11. The molecule has 0 spiro atoms. The van der Waals surface area contributed by atoms with Crippen molar-refractivity contribution in [2.24, 2.45) is 12.0 Å². The lowest BCUT2D eigenvalue weighted by atomic mass is 10.1. The maximum Gasteiger partial charge on any atom is 0.251 e. The van der Waals surface area contributed by atoms with Crippen LogP contribution in [-0.2, 0) is 20.0 Å². The number of nitrogens with one attached hydrogen (secondary N) is 3. The number of carbonyl (C=O) groups is 1.